The Balaban J connectivity index is 2.77. The van der Waals surface area contributed by atoms with Gasteiger partial charge in [0, 0.05) is 5.54 Å². The number of hydrogen-bond acceptors (Lipinski definition) is 4. The number of aromatic nitrogens is 2. The zero-order chi connectivity index (χ0) is 11.5. The molecule has 5 heteroatoms. The van der Waals surface area contributed by atoms with E-state index in [0.717, 1.165) is 6.42 Å². The molecule has 0 saturated heterocycles. The number of primary amides is 1. The largest absolute Gasteiger partial charge is 0.364 e. The number of carbonyl (C=O) groups excluding carboxylic acids is 1. The van der Waals surface area contributed by atoms with E-state index in [0.29, 0.717) is 5.82 Å². The minimum absolute atomic E-state index is 0.0388. The molecule has 0 atom stereocenters. The molecule has 0 spiro atoms. The van der Waals surface area contributed by atoms with Crippen LogP contribution in [0.4, 0.5) is 5.82 Å². The fourth-order valence-corrected chi connectivity index (χ4v) is 0.965. The first-order chi connectivity index (χ1) is 6.94. The van der Waals surface area contributed by atoms with Crippen LogP contribution in [-0.4, -0.2) is 21.6 Å². The van der Waals surface area contributed by atoms with Gasteiger partial charge in [0.25, 0.3) is 5.91 Å². The maximum absolute atomic E-state index is 10.8. The van der Waals surface area contributed by atoms with Crippen LogP contribution in [0.15, 0.2) is 12.1 Å². The van der Waals surface area contributed by atoms with Crippen LogP contribution >= 0.6 is 0 Å². The molecule has 1 heterocycles. The smallest absolute Gasteiger partial charge is 0.269 e. The second-order valence-electron chi connectivity index (χ2n) is 4.03. The first kappa shape index (κ1) is 11.4. The van der Waals surface area contributed by atoms with Crippen molar-refractivity contribution in [1.29, 1.82) is 0 Å². The van der Waals surface area contributed by atoms with E-state index in [1.54, 1.807) is 12.1 Å². The van der Waals surface area contributed by atoms with Crippen molar-refractivity contribution in [3.63, 3.8) is 0 Å². The van der Waals surface area contributed by atoms with E-state index < -0.39 is 5.91 Å². The van der Waals surface area contributed by atoms with Gasteiger partial charge in [0.2, 0.25) is 0 Å². The third-order valence-electron chi connectivity index (χ3n) is 2.27. The Morgan fingerprint density at radius 2 is 2.13 bits per heavy atom. The molecule has 0 radical (unpaired) electrons. The van der Waals surface area contributed by atoms with Crippen LogP contribution in [0, 0.1) is 0 Å². The van der Waals surface area contributed by atoms with E-state index >= 15 is 0 Å². The average molecular weight is 208 g/mol. The van der Waals surface area contributed by atoms with Crippen LogP contribution in [0.2, 0.25) is 0 Å². The van der Waals surface area contributed by atoms with E-state index in [1.165, 1.54) is 0 Å². The maximum atomic E-state index is 10.8. The average Bonchev–Trinajstić information content (AvgIpc) is 2.18. The van der Waals surface area contributed by atoms with E-state index in [2.05, 4.69) is 36.3 Å². The summed E-state index contributed by atoms with van der Waals surface area (Å²) in [4.78, 5) is 10.8. The minimum atomic E-state index is -0.566. The first-order valence-electron chi connectivity index (χ1n) is 4.86. The van der Waals surface area contributed by atoms with E-state index in [1.807, 2.05) is 0 Å². The van der Waals surface area contributed by atoms with Crippen molar-refractivity contribution in [3.8, 4) is 0 Å². The molecule has 1 aromatic rings. The van der Waals surface area contributed by atoms with Gasteiger partial charge in [-0.25, -0.2) is 0 Å². The molecule has 1 aromatic heterocycles. The van der Waals surface area contributed by atoms with Crippen molar-refractivity contribution in [2.45, 2.75) is 32.7 Å². The highest BCUT2D eigenvalue weighted by atomic mass is 16.1. The van der Waals surface area contributed by atoms with E-state index in [-0.39, 0.29) is 11.2 Å². The monoisotopic (exact) mass is 208 g/mol. The molecule has 0 aliphatic carbocycles. The van der Waals surface area contributed by atoms with Gasteiger partial charge in [-0.15, -0.1) is 10.2 Å². The third kappa shape index (κ3) is 3.19. The number of hydrogen-bond donors (Lipinski definition) is 2. The van der Waals surface area contributed by atoms with E-state index in [9.17, 15) is 4.79 Å². The Kier molecular flexibility index (Phi) is 3.24. The molecule has 82 valence electrons. The lowest BCUT2D eigenvalue weighted by Gasteiger charge is -2.24. The number of nitrogens with zero attached hydrogens (tertiary/aromatic N) is 2. The van der Waals surface area contributed by atoms with Gasteiger partial charge in [0.15, 0.2) is 5.69 Å². The second kappa shape index (κ2) is 4.25. The number of amides is 1. The molecule has 15 heavy (non-hydrogen) atoms. The molecule has 5 nitrogen and oxygen atoms in total. The first-order valence-corrected chi connectivity index (χ1v) is 4.86. The summed E-state index contributed by atoms with van der Waals surface area (Å²) in [6, 6.07) is 3.26. The maximum Gasteiger partial charge on any atom is 0.269 e. The van der Waals surface area contributed by atoms with Crippen molar-refractivity contribution in [2.75, 3.05) is 5.32 Å². The lowest BCUT2D eigenvalue weighted by atomic mass is 10.0. The van der Waals surface area contributed by atoms with E-state index in [4.69, 9.17) is 5.73 Å². The SMILES string of the molecule is CCC(C)(C)Nc1ccc(C(N)=O)nn1. The summed E-state index contributed by atoms with van der Waals surface area (Å²) in [5, 5.41) is 10.8. The summed E-state index contributed by atoms with van der Waals surface area (Å²) in [5.41, 5.74) is 5.19. The fourth-order valence-electron chi connectivity index (χ4n) is 0.965. The molecular weight excluding hydrogens is 192 g/mol. The van der Waals surface area contributed by atoms with Gasteiger partial charge in [0.05, 0.1) is 0 Å². The topological polar surface area (TPSA) is 80.9 Å². The van der Waals surface area contributed by atoms with Crippen molar-refractivity contribution >= 4 is 11.7 Å². The Bertz CT molecular complexity index is 345. The number of carbonyl (C=O) groups is 1. The Labute approximate surface area is 89.1 Å². The number of nitrogens with two attached hydrogens (primary N) is 1. The summed E-state index contributed by atoms with van der Waals surface area (Å²) >= 11 is 0. The molecule has 0 aliphatic rings. The molecular formula is C10H16N4O. The number of nitrogens with one attached hydrogen (secondary N) is 1. The third-order valence-corrected chi connectivity index (χ3v) is 2.27. The molecule has 0 bridgehead atoms. The summed E-state index contributed by atoms with van der Waals surface area (Å²) in [6.07, 6.45) is 0.965. The Morgan fingerprint density at radius 3 is 2.53 bits per heavy atom. The zero-order valence-electron chi connectivity index (χ0n) is 9.24. The van der Waals surface area contributed by atoms with Crippen LogP contribution in [0.3, 0.4) is 0 Å². The van der Waals surface area contributed by atoms with Crippen molar-refractivity contribution < 1.29 is 4.79 Å². The van der Waals surface area contributed by atoms with Gasteiger partial charge in [0.1, 0.15) is 5.82 Å². The Hall–Kier alpha value is -1.65. The summed E-state index contributed by atoms with van der Waals surface area (Å²) in [7, 11) is 0. The van der Waals surface area contributed by atoms with Crippen molar-refractivity contribution in [2.24, 2.45) is 5.73 Å². The van der Waals surface area contributed by atoms with Gasteiger partial charge < -0.3 is 11.1 Å². The molecule has 0 saturated carbocycles. The van der Waals surface area contributed by atoms with Crippen LogP contribution < -0.4 is 11.1 Å². The van der Waals surface area contributed by atoms with Gasteiger partial charge >= 0.3 is 0 Å². The second-order valence-corrected chi connectivity index (χ2v) is 4.03. The molecule has 0 fully saturated rings. The predicted octanol–water partition coefficient (Wildman–Crippen LogP) is 1.18. The van der Waals surface area contributed by atoms with Crippen LogP contribution in [-0.2, 0) is 0 Å². The summed E-state index contributed by atoms with van der Waals surface area (Å²) in [6.45, 7) is 6.21. The van der Waals surface area contributed by atoms with Crippen molar-refractivity contribution in [3.05, 3.63) is 17.8 Å². The molecule has 0 unspecified atom stereocenters. The quantitative estimate of drug-likeness (QED) is 0.778. The Morgan fingerprint density at radius 1 is 1.47 bits per heavy atom. The lowest BCUT2D eigenvalue weighted by molar-refractivity contribution is 0.0994. The van der Waals surface area contributed by atoms with Crippen LogP contribution in [0.25, 0.3) is 0 Å². The minimum Gasteiger partial charge on any atom is -0.364 e. The standard InChI is InChI=1S/C10H16N4O/c1-4-10(2,3)12-8-6-5-7(9(11)15)13-14-8/h5-6H,4H2,1-3H3,(H2,11,15)(H,12,14). The van der Waals surface area contributed by atoms with Crippen molar-refractivity contribution in [1.82, 2.24) is 10.2 Å². The highest BCUT2D eigenvalue weighted by Gasteiger charge is 2.15. The van der Waals surface area contributed by atoms with Crippen LogP contribution in [0.5, 0.6) is 0 Å². The molecule has 0 aliphatic heterocycles. The number of rotatable bonds is 4. The van der Waals surface area contributed by atoms with Gasteiger partial charge in [-0.05, 0) is 32.4 Å². The predicted molar refractivity (Wildman–Crippen MR) is 58.5 cm³/mol. The lowest BCUT2D eigenvalue weighted by Crippen LogP contribution is -2.30. The highest BCUT2D eigenvalue weighted by molar-refractivity contribution is 5.90. The van der Waals surface area contributed by atoms with Gasteiger partial charge in [-0.1, -0.05) is 6.92 Å². The fraction of sp³-hybridized carbons (Fsp3) is 0.500. The molecule has 1 rings (SSSR count). The van der Waals surface area contributed by atoms with Gasteiger partial charge in [-0.2, -0.15) is 0 Å². The zero-order valence-corrected chi connectivity index (χ0v) is 9.24. The number of anilines is 1. The normalized spacial score (nSPS) is 11.1. The molecule has 3 N–H and O–H groups in total. The summed E-state index contributed by atoms with van der Waals surface area (Å²) in [5.74, 6) is 0.0793. The molecule has 0 aromatic carbocycles. The summed E-state index contributed by atoms with van der Waals surface area (Å²) < 4.78 is 0. The molecule has 1 amide bonds. The van der Waals surface area contributed by atoms with Crippen LogP contribution in [0.1, 0.15) is 37.7 Å². The van der Waals surface area contributed by atoms with Gasteiger partial charge in [-0.3, -0.25) is 4.79 Å². The highest BCUT2D eigenvalue weighted by Crippen LogP contribution is 2.14.